The van der Waals surface area contributed by atoms with Crippen LogP contribution in [0.3, 0.4) is 0 Å². The number of nitrogens with zero attached hydrogens (tertiary/aromatic N) is 5. The van der Waals surface area contributed by atoms with E-state index in [0.29, 0.717) is 37.9 Å². The van der Waals surface area contributed by atoms with Gasteiger partial charge >= 0.3 is 0 Å². The molecule has 178 valence electrons. The van der Waals surface area contributed by atoms with E-state index in [0.717, 1.165) is 45.6 Å². The van der Waals surface area contributed by atoms with Crippen LogP contribution in [0, 0.1) is 6.92 Å². The Hall–Kier alpha value is -2.75. The van der Waals surface area contributed by atoms with Gasteiger partial charge in [-0.1, -0.05) is 29.8 Å². The van der Waals surface area contributed by atoms with E-state index in [1.54, 1.807) is 0 Å². The number of aromatic nitrogens is 2. The third-order valence-corrected chi connectivity index (χ3v) is 9.39. The van der Waals surface area contributed by atoms with Crippen LogP contribution >= 0.6 is 0 Å². The molecule has 8 nitrogen and oxygen atoms in total. The monoisotopic (exact) mass is 478 g/mol. The fraction of sp³-hybridized carbons (Fsp3) is 0.440. The minimum atomic E-state index is -2.48. The Bertz CT molecular complexity index is 1390. The van der Waals surface area contributed by atoms with Crippen LogP contribution in [0.1, 0.15) is 24.0 Å². The third kappa shape index (κ3) is 3.81. The molecule has 0 amide bonds. The van der Waals surface area contributed by atoms with E-state index < -0.39 is 15.3 Å². The molecule has 0 bridgehead atoms. The Kier molecular flexibility index (Phi) is 5.05. The molecule has 1 atom stereocenters. The zero-order valence-corrected chi connectivity index (χ0v) is 20.2. The molecule has 6 rings (SSSR count). The molecule has 2 aromatic carbocycles. The topological polar surface area (TPSA) is 108 Å². The molecule has 2 fully saturated rings. The van der Waals surface area contributed by atoms with Gasteiger partial charge in [0.2, 0.25) is 5.95 Å². The predicted octanol–water partition coefficient (Wildman–Crippen LogP) is 2.46. The smallest absolute Gasteiger partial charge is 0.228 e. The van der Waals surface area contributed by atoms with Crippen molar-refractivity contribution in [1.29, 1.82) is 0 Å². The molecule has 1 unspecified atom stereocenters. The van der Waals surface area contributed by atoms with Gasteiger partial charge in [0.15, 0.2) is 0 Å². The van der Waals surface area contributed by atoms with Crippen molar-refractivity contribution in [3.05, 3.63) is 53.6 Å². The molecular formula is C25H30N6O2S. The number of β-amino-alcohol motifs (C(OH)–C–C–N with tert-alkyl or cyclic N) is 1. The highest BCUT2D eigenvalue weighted by atomic mass is 32.2. The number of fused-ring (bicyclic) bond motifs is 2. The van der Waals surface area contributed by atoms with Crippen molar-refractivity contribution in [1.82, 2.24) is 9.97 Å². The maximum absolute atomic E-state index is 14.0. The van der Waals surface area contributed by atoms with Crippen LogP contribution in [0.4, 0.5) is 11.8 Å². The number of benzene rings is 2. The predicted molar refractivity (Wildman–Crippen MR) is 135 cm³/mol. The summed E-state index contributed by atoms with van der Waals surface area (Å²) in [4.78, 5) is 14.9. The minimum absolute atomic E-state index is 0.222. The number of rotatable bonds is 4. The number of aliphatic hydroxyl groups is 1. The summed E-state index contributed by atoms with van der Waals surface area (Å²) in [5.41, 5.74) is 7.89. The Balaban J connectivity index is 1.42. The number of hydrogen-bond donors (Lipinski definition) is 2. The van der Waals surface area contributed by atoms with Crippen molar-refractivity contribution >= 4 is 32.4 Å². The molecule has 1 saturated heterocycles. The maximum Gasteiger partial charge on any atom is 0.228 e. The summed E-state index contributed by atoms with van der Waals surface area (Å²) < 4.78 is 18.8. The quantitative estimate of drug-likeness (QED) is 0.593. The van der Waals surface area contributed by atoms with Gasteiger partial charge in [-0.15, -0.1) is 0 Å². The molecule has 3 N–H and O–H groups in total. The number of nitrogens with two attached hydrogens (primary N) is 1. The first-order chi connectivity index (χ1) is 16.4. The fourth-order valence-electron chi connectivity index (χ4n) is 4.81. The Morgan fingerprint density at radius 1 is 1.18 bits per heavy atom. The summed E-state index contributed by atoms with van der Waals surface area (Å²) >= 11 is 0. The molecule has 2 aliphatic heterocycles. The minimum Gasteiger partial charge on any atom is -0.385 e. The number of aryl methyl sites for hydroxylation is 1. The largest absolute Gasteiger partial charge is 0.385 e. The van der Waals surface area contributed by atoms with Gasteiger partial charge in [0.1, 0.15) is 11.4 Å². The van der Waals surface area contributed by atoms with Crippen LogP contribution in [0.5, 0.6) is 0 Å². The molecular weight excluding hydrogens is 448 g/mol. The maximum atomic E-state index is 14.0. The Morgan fingerprint density at radius 2 is 1.97 bits per heavy atom. The molecule has 34 heavy (non-hydrogen) atoms. The van der Waals surface area contributed by atoms with E-state index in [9.17, 15) is 9.32 Å². The second-order valence-corrected chi connectivity index (χ2v) is 12.2. The molecule has 3 heterocycles. The van der Waals surface area contributed by atoms with Crippen molar-refractivity contribution in [2.75, 3.05) is 41.7 Å². The van der Waals surface area contributed by atoms with E-state index >= 15 is 0 Å². The van der Waals surface area contributed by atoms with Gasteiger partial charge in [-0.05, 0) is 43.5 Å². The van der Waals surface area contributed by atoms with Crippen LogP contribution in [0.25, 0.3) is 10.9 Å². The summed E-state index contributed by atoms with van der Waals surface area (Å²) in [6.45, 7) is 4.30. The molecule has 1 aromatic heterocycles. The average Bonchev–Trinajstić information content (AvgIpc) is 3.64. The molecule has 9 heteroatoms. The molecule has 0 radical (unpaired) electrons. The third-order valence-electron chi connectivity index (χ3n) is 6.93. The standard InChI is InChI=1S/C25H30N6O2S/c1-17-6-9-21-20(12-17)23(31-15-25(32,14-26)16-31)28-24(27-21)30-10-11-34(33,29-19-7-8-19)22-5-3-2-4-18(22)13-30/h2-6,9,12,19,32H,7-8,10-11,13-16,26H2,1H3. The first-order valence-corrected chi connectivity index (χ1v) is 13.6. The normalized spacial score (nSPS) is 23.9. The highest BCUT2D eigenvalue weighted by Crippen LogP contribution is 2.35. The van der Waals surface area contributed by atoms with Gasteiger partial charge in [0.05, 0.1) is 45.0 Å². The van der Waals surface area contributed by atoms with Gasteiger partial charge in [0.25, 0.3) is 0 Å². The first-order valence-electron chi connectivity index (χ1n) is 11.9. The van der Waals surface area contributed by atoms with E-state index in [2.05, 4.69) is 22.8 Å². The second kappa shape index (κ2) is 7.90. The zero-order chi connectivity index (χ0) is 23.5. The zero-order valence-electron chi connectivity index (χ0n) is 19.4. The van der Waals surface area contributed by atoms with Crippen LogP contribution < -0.4 is 15.5 Å². The highest BCUT2D eigenvalue weighted by molar-refractivity contribution is 7.93. The van der Waals surface area contributed by atoms with Crippen LogP contribution in [-0.4, -0.2) is 62.9 Å². The summed E-state index contributed by atoms with van der Waals surface area (Å²) in [6, 6.07) is 14.3. The van der Waals surface area contributed by atoms with E-state index in [1.165, 1.54) is 0 Å². The lowest BCUT2D eigenvalue weighted by molar-refractivity contribution is 0.0206. The lowest BCUT2D eigenvalue weighted by atomic mass is 9.94. The molecule has 0 spiro atoms. The van der Waals surface area contributed by atoms with Gasteiger partial charge in [-0.2, -0.15) is 4.98 Å². The lowest BCUT2D eigenvalue weighted by Gasteiger charge is -2.46. The Labute approximate surface area is 200 Å². The van der Waals surface area contributed by atoms with Gasteiger partial charge < -0.3 is 20.6 Å². The fourth-order valence-corrected chi connectivity index (χ4v) is 7.25. The number of anilines is 2. The average molecular weight is 479 g/mol. The Morgan fingerprint density at radius 3 is 2.74 bits per heavy atom. The van der Waals surface area contributed by atoms with Gasteiger partial charge in [-0.25, -0.2) is 13.6 Å². The molecule has 3 aliphatic rings. The van der Waals surface area contributed by atoms with Crippen molar-refractivity contribution < 1.29 is 9.32 Å². The SMILES string of the molecule is Cc1ccc2nc(N3CCS(=O)(=NC4CC4)c4ccccc4C3)nc(N3CC(O)(CN)C3)c2c1. The van der Waals surface area contributed by atoms with Gasteiger partial charge in [-0.3, -0.25) is 0 Å². The lowest BCUT2D eigenvalue weighted by Crippen LogP contribution is -2.65. The summed E-state index contributed by atoms with van der Waals surface area (Å²) in [6.07, 6.45) is 2.06. The number of hydrogen-bond acceptors (Lipinski definition) is 8. The first kappa shape index (κ1) is 21.8. The highest BCUT2D eigenvalue weighted by Gasteiger charge is 2.41. The summed E-state index contributed by atoms with van der Waals surface area (Å²) in [5, 5.41) is 11.5. The molecule has 3 aromatic rings. The van der Waals surface area contributed by atoms with Crippen LogP contribution in [-0.2, 0) is 16.3 Å². The van der Waals surface area contributed by atoms with E-state index in [4.69, 9.17) is 20.1 Å². The van der Waals surface area contributed by atoms with E-state index in [-0.39, 0.29) is 12.6 Å². The summed E-state index contributed by atoms with van der Waals surface area (Å²) in [7, 11) is -2.48. The molecule has 1 saturated carbocycles. The summed E-state index contributed by atoms with van der Waals surface area (Å²) in [5.74, 6) is 1.88. The second-order valence-electron chi connectivity index (χ2n) is 9.86. The van der Waals surface area contributed by atoms with Crippen LogP contribution in [0.2, 0.25) is 0 Å². The van der Waals surface area contributed by atoms with Crippen molar-refractivity contribution in [3.63, 3.8) is 0 Å². The van der Waals surface area contributed by atoms with E-state index in [1.807, 2.05) is 36.4 Å². The van der Waals surface area contributed by atoms with Crippen molar-refractivity contribution in [2.45, 2.75) is 42.8 Å². The van der Waals surface area contributed by atoms with Crippen LogP contribution in [0.15, 0.2) is 51.7 Å². The molecule has 1 aliphatic carbocycles. The van der Waals surface area contributed by atoms with Crippen molar-refractivity contribution in [3.8, 4) is 0 Å². The van der Waals surface area contributed by atoms with Crippen molar-refractivity contribution in [2.24, 2.45) is 10.1 Å². The van der Waals surface area contributed by atoms with Gasteiger partial charge in [0, 0.05) is 25.0 Å².